The molecule has 7 nitrogen and oxygen atoms in total. The number of methoxy groups -OCH3 is 1. The highest BCUT2D eigenvalue weighted by Gasteiger charge is 2.42. The van der Waals surface area contributed by atoms with Gasteiger partial charge in [-0.25, -0.2) is 4.98 Å². The number of carboxylic acid groups (broad SMARTS) is 1. The minimum atomic E-state index is -0.793. The van der Waals surface area contributed by atoms with Crippen molar-refractivity contribution in [2.75, 3.05) is 30.8 Å². The minimum Gasteiger partial charge on any atom is -0.497 e. The summed E-state index contributed by atoms with van der Waals surface area (Å²) in [6.07, 6.45) is 3.23. The quantitative estimate of drug-likeness (QED) is 0.847. The Morgan fingerprint density at radius 2 is 2.12 bits per heavy atom. The number of hydrogen-bond acceptors (Lipinski definition) is 6. The SMILES string of the molecule is COc1cccc(CC2(C(=O)O)CCN(c3ncc(C)c(N)n3)CC2)c1. The van der Waals surface area contributed by atoms with Gasteiger partial charge in [0.05, 0.1) is 12.5 Å². The van der Waals surface area contributed by atoms with Gasteiger partial charge in [-0.1, -0.05) is 12.1 Å². The average Bonchev–Trinajstić information content (AvgIpc) is 2.64. The highest BCUT2D eigenvalue weighted by Crippen LogP contribution is 2.37. The summed E-state index contributed by atoms with van der Waals surface area (Å²) in [5, 5.41) is 9.91. The summed E-state index contributed by atoms with van der Waals surface area (Å²) in [6, 6.07) is 7.60. The monoisotopic (exact) mass is 356 g/mol. The average molecular weight is 356 g/mol. The molecule has 0 spiro atoms. The van der Waals surface area contributed by atoms with E-state index in [1.165, 1.54) is 0 Å². The number of rotatable bonds is 5. The molecular weight excluding hydrogens is 332 g/mol. The van der Waals surface area contributed by atoms with E-state index in [-0.39, 0.29) is 0 Å². The lowest BCUT2D eigenvalue weighted by Crippen LogP contribution is -2.46. The third-order valence-corrected chi connectivity index (χ3v) is 5.13. The molecule has 26 heavy (non-hydrogen) atoms. The third kappa shape index (κ3) is 3.56. The van der Waals surface area contributed by atoms with Gasteiger partial charge in [0.25, 0.3) is 0 Å². The molecule has 0 unspecified atom stereocenters. The molecule has 1 aliphatic rings. The standard InChI is InChI=1S/C19H24N4O3/c1-13-12-21-18(22-16(13)20)23-8-6-19(7-9-23,17(24)25)11-14-4-3-5-15(10-14)26-2/h3-5,10,12H,6-9,11H2,1-2H3,(H,24,25)(H2,20,21,22). The number of aliphatic carboxylic acids is 1. The van der Waals surface area contributed by atoms with Crippen LogP contribution in [0.15, 0.2) is 30.5 Å². The van der Waals surface area contributed by atoms with Gasteiger partial charge >= 0.3 is 5.97 Å². The van der Waals surface area contributed by atoms with Crippen LogP contribution in [-0.2, 0) is 11.2 Å². The number of aromatic nitrogens is 2. The topological polar surface area (TPSA) is 102 Å². The number of carboxylic acids is 1. The predicted molar refractivity (Wildman–Crippen MR) is 99.4 cm³/mol. The Morgan fingerprint density at radius 1 is 1.38 bits per heavy atom. The van der Waals surface area contributed by atoms with Gasteiger partial charge in [0, 0.05) is 24.8 Å². The third-order valence-electron chi connectivity index (χ3n) is 5.13. The summed E-state index contributed by atoms with van der Waals surface area (Å²) in [5.74, 6) is 1.00. The summed E-state index contributed by atoms with van der Waals surface area (Å²) >= 11 is 0. The minimum absolute atomic E-state index is 0.460. The van der Waals surface area contributed by atoms with Crippen LogP contribution in [0, 0.1) is 12.3 Å². The molecule has 2 heterocycles. The second-order valence-corrected chi connectivity index (χ2v) is 6.84. The number of nitrogen functional groups attached to an aromatic ring is 1. The molecule has 3 rings (SSSR count). The van der Waals surface area contributed by atoms with Gasteiger partial charge in [-0.2, -0.15) is 4.98 Å². The van der Waals surface area contributed by atoms with Crippen molar-refractivity contribution in [1.29, 1.82) is 0 Å². The number of benzene rings is 1. The molecule has 3 N–H and O–H groups in total. The Balaban J connectivity index is 1.76. The lowest BCUT2D eigenvalue weighted by atomic mass is 9.74. The largest absolute Gasteiger partial charge is 0.497 e. The highest BCUT2D eigenvalue weighted by atomic mass is 16.5. The fourth-order valence-electron chi connectivity index (χ4n) is 3.37. The van der Waals surface area contributed by atoms with Gasteiger partial charge in [-0.3, -0.25) is 4.79 Å². The van der Waals surface area contributed by atoms with Gasteiger partial charge in [-0.15, -0.1) is 0 Å². The van der Waals surface area contributed by atoms with E-state index in [1.54, 1.807) is 13.3 Å². The molecule has 1 aromatic heterocycles. The molecular formula is C19H24N4O3. The zero-order valence-corrected chi connectivity index (χ0v) is 15.1. The predicted octanol–water partition coefficient (Wildman–Crippen LogP) is 2.29. The fourth-order valence-corrected chi connectivity index (χ4v) is 3.37. The van der Waals surface area contributed by atoms with E-state index < -0.39 is 11.4 Å². The maximum absolute atomic E-state index is 12.1. The van der Waals surface area contributed by atoms with Crippen LogP contribution < -0.4 is 15.4 Å². The first-order valence-corrected chi connectivity index (χ1v) is 8.64. The van der Waals surface area contributed by atoms with Crippen LogP contribution in [0.1, 0.15) is 24.0 Å². The van der Waals surface area contributed by atoms with Crippen molar-refractivity contribution in [3.05, 3.63) is 41.6 Å². The maximum atomic E-state index is 12.1. The van der Waals surface area contributed by atoms with E-state index in [0.29, 0.717) is 44.1 Å². The Kier molecular flexibility index (Phi) is 4.97. The number of ether oxygens (including phenoxy) is 1. The number of nitrogens with two attached hydrogens (primary N) is 1. The van der Waals surface area contributed by atoms with Gasteiger partial charge in [0.1, 0.15) is 11.6 Å². The number of anilines is 2. The molecule has 0 saturated carbocycles. The molecule has 1 aromatic carbocycles. The van der Waals surface area contributed by atoms with Gasteiger partial charge < -0.3 is 20.5 Å². The van der Waals surface area contributed by atoms with Crippen molar-refractivity contribution >= 4 is 17.7 Å². The summed E-state index contributed by atoms with van der Waals surface area (Å²) in [7, 11) is 1.61. The van der Waals surface area contributed by atoms with Crippen molar-refractivity contribution in [3.63, 3.8) is 0 Å². The Morgan fingerprint density at radius 3 is 2.73 bits per heavy atom. The van der Waals surface area contributed by atoms with E-state index in [2.05, 4.69) is 9.97 Å². The molecule has 138 valence electrons. The fraction of sp³-hybridized carbons (Fsp3) is 0.421. The van der Waals surface area contributed by atoms with E-state index in [0.717, 1.165) is 16.9 Å². The molecule has 2 aromatic rings. The van der Waals surface area contributed by atoms with Gasteiger partial charge in [0.2, 0.25) is 5.95 Å². The number of carbonyl (C=O) groups is 1. The zero-order valence-electron chi connectivity index (χ0n) is 15.1. The van der Waals surface area contributed by atoms with Crippen LogP contribution in [0.25, 0.3) is 0 Å². The Bertz CT molecular complexity index is 801. The molecule has 0 atom stereocenters. The van der Waals surface area contributed by atoms with Gasteiger partial charge in [0.15, 0.2) is 0 Å². The maximum Gasteiger partial charge on any atom is 0.310 e. The van der Waals surface area contributed by atoms with Crippen LogP contribution in [0.3, 0.4) is 0 Å². The lowest BCUT2D eigenvalue weighted by Gasteiger charge is -2.39. The molecule has 1 aliphatic heterocycles. The second kappa shape index (κ2) is 7.19. The summed E-state index contributed by atoms with van der Waals surface area (Å²) < 4.78 is 5.25. The molecule has 0 amide bonds. The highest BCUT2D eigenvalue weighted by molar-refractivity contribution is 5.75. The summed E-state index contributed by atoms with van der Waals surface area (Å²) in [4.78, 5) is 22.7. The van der Waals surface area contributed by atoms with Crippen LogP contribution in [0.2, 0.25) is 0 Å². The molecule has 0 aliphatic carbocycles. The second-order valence-electron chi connectivity index (χ2n) is 6.84. The zero-order chi connectivity index (χ0) is 18.7. The van der Waals surface area contributed by atoms with E-state index >= 15 is 0 Å². The van der Waals surface area contributed by atoms with Crippen LogP contribution in [0.4, 0.5) is 11.8 Å². The first-order valence-electron chi connectivity index (χ1n) is 8.64. The first-order chi connectivity index (χ1) is 12.4. The lowest BCUT2D eigenvalue weighted by molar-refractivity contribution is -0.150. The Labute approximate surface area is 152 Å². The molecule has 0 radical (unpaired) electrons. The molecule has 1 saturated heterocycles. The molecule has 1 fully saturated rings. The van der Waals surface area contributed by atoms with Crippen LogP contribution in [0.5, 0.6) is 5.75 Å². The van der Waals surface area contributed by atoms with Crippen molar-refractivity contribution in [1.82, 2.24) is 9.97 Å². The van der Waals surface area contributed by atoms with Crippen molar-refractivity contribution in [2.45, 2.75) is 26.2 Å². The number of nitrogens with zero attached hydrogens (tertiary/aromatic N) is 3. The number of piperidine rings is 1. The first kappa shape index (κ1) is 18.0. The summed E-state index contributed by atoms with van der Waals surface area (Å²) in [6.45, 7) is 3.02. The molecule has 0 bridgehead atoms. The number of aryl methyl sites for hydroxylation is 1. The van der Waals surface area contributed by atoms with E-state index in [1.807, 2.05) is 36.1 Å². The molecule has 7 heteroatoms. The van der Waals surface area contributed by atoms with E-state index in [9.17, 15) is 9.90 Å². The number of hydrogen-bond donors (Lipinski definition) is 2. The van der Waals surface area contributed by atoms with E-state index in [4.69, 9.17) is 10.5 Å². The summed E-state index contributed by atoms with van der Waals surface area (Å²) in [5.41, 5.74) is 6.89. The van der Waals surface area contributed by atoms with Crippen molar-refractivity contribution < 1.29 is 14.6 Å². The van der Waals surface area contributed by atoms with Crippen LogP contribution >= 0.6 is 0 Å². The Hall–Kier alpha value is -2.83. The normalized spacial score (nSPS) is 16.3. The van der Waals surface area contributed by atoms with Gasteiger partial charge in [-0.05, 0) is 43.9 Å². The van der Waals surface area contributed by atoms with Crippen LogP contribution in [-0.4, -0.2) is 41.2 Å². The van der Waals surface area contributed by atoms with Crippen molar-refractivity contribution in [3.8, 4) is 5.75 Å². The van der Waals surface area contributed by atoms with Crippen molar-refractivity contribution in [2.24, 2.45) is 5.41 Å². The smallest absolute Gasteiger partial charge is 0.310 e.